The van der Waals surface area contributed by atoms with E-state index < -0.39 is 10.0 Å². The highest BCUT2D eigenvalue weighted by Gasteiger charge is 2.38. The number of fused-ring (bicyclic) bond motifs is 3. The van der Waals surface area contributed by atoms with Crippen LogP contribution in [0.5, 0.6) is 11.5 Å². The molecule has 0 radical (unpaired) electrons. The van der Waals surface area contributed by atoms with E-state index in [1.807, 2.05) is 6.07 Å². The largest absolute Gasteiger partial charge is 0.493 e. The Kier molecular flexibility index (Phi) is 6.44. The van der Waals surface area contributed by atoms with Crippen LogP contribution in [0.1, 0.15) is 55.8 Å². The van der Waals surface area contributed by atoms with Gasteiger partial charge in [-0.3, -0.25) is 4.72 Å². The number of hydrogen-bond acceptors (Lipinski definition) is 5. The third-order valence-electron chi connectivity index (χ3n) is 7.42. The van der Waals surface area contributed by atoms with E-state index in [-0.39, 0.29) is 22.3 Å². The van der Waals surface area contributed by atoms with Crippen LogP contribution in [0.3, 0.4) is 0 Å². The van der Waals surface area contributed by atoms with Gasteiger partial charge in [0.25, 0.3) is 10.0 Å². The second-order valence-corrected chi connectivity index (χ2v) is 12.5. The second kappa shape index (κ2) is 9.45. The summed E-state index contributed by atoms with van der Waals surface area (Å²) in [7, 11) is -0.744. The molecule has 37 heavy (non-hydrogen) atoms. The molecule has 0 saturated carbocycles. The van der Waals surface area contributed by atoms with Gasteiger partial charge < -0.3 is 14.8 Å². The van der Waals surface area contributed by atoms with Crippen molar-refractivity contribution in [2.45, 2.75) is 49.5 Å². The second-order valence-electron chi connectivity index (χ2n) is 10.8. The van der Waals surface area contributed by atoms with Crippen LogP contribution in [-0.4, -0.2) is 22.6 Å². The number of benzene rings is 3. The lowest BCUT2D eigenvalue weighted by Gasteiger charge is -2.38. The predicted octanol–water partition coefficient (Wildman–Crippen LogP) is 6.63. The van der Waals surface area contributed by atoms with Crippen molar-refractivity contribution in [1.29, 1.82) is 0 Å². The Hall–Kier alpha value is -3.45. The zero-order chi connectivity index (χ0) is 26.4. The number of methoxy groups -OCH3 is 2. The molecule has 1 heterocycles. The van der Waals surface area contributed by atoms with Crippen LogP contribution in [0.25, 0.3) is 0 Å². The summed E-state index contributed by atoms with van der Waals surface area (Å²) in [5.74, 6) is 1.47. The molecule has 2 aliphatic rings. The molecule has 1 aliphatic heterocycles. The number of nitrogens with one attached hydrogen (secondary N) is 2. The third kappa shape index (κ3) is 4.80. The first kappa shape index (κ1) is 25.2. The quantitative estimate of drug-likeness (QED) is 0.358. The van der Waals surface area contributed by atoms with E-state index in [1.54, 1.807) is 37.4 Å². The first-order valence-electron chi connectivity index (χ1n) is 12.5. The molecular formula is C30H34N2O4S. The standard InChI is InChI=1S/C30H34N2O4S/c1-30(2,3)20-11-9-19(10-12-20)29-24-8-6-7-23(24)25-18-22(14-15-26(25)31-29)37(33,34)32-21-13-16-27(35-4)28(17-21)36-5/h6-7,9-18,23-24,29,31-32H,8H2,1-5H3/t23-,24+,29+/m0/s1. The highest BCUT2D eigenvalue weighted by Crippen LogP contribution is 2.50. The molecule has 1 aliphatic carbocycles. The summed E-state index contributed by atoms with van der Waals surface area (Å²) in [6.45, 7) is 6.67. The summed E-state index contributed by atoms with van der Waals surface area (Å²) < 4.78 is 39.9. The predicted molar refractivity (Wildman–Crippen MR) is 148 cm³/mol. The molecule has 0 aromatic heterocycles. The van der Waals surface area contributed by atoms with Gasteiger partial charge in [-0.25, -0.2) is 8.42 Å². The van der Waals surface area contributed by atoms with Crippen molar-refractivity contribution in [3.8, 4) is 11.5 Å². The molecule has 194 valence electrons. The molecule has 3 aromatic carbocycles. The van der Waals surface area contributed by atoms with Crippen molar-refractivity contribution in [2.24, 2.45) is 5.92 Å². The fourth-order valence-corrected chi connectivity index (χ4v) is 6.46. The maximum absolute atomic E-state index is 13.3. The van der Waals surface area contributed by atoms with Crippen LogP contribution < -0.4 is 19.5 Å². The minimum absolute atomic E-state index is 0.107. The molecule has 0 spiro atoms. The molecule has 0 bridgehead atoms. The number of ether oxygens (including phenoxy) is 2. The summed E-state index contributed by atoms with van der Waals surface area (Å²) in [5, 5.41) is 3.71. The summed E-state index contributed by atoms with van der Waals surface area (Å²) in [6.07, 6.45) is 5.38. The van der Waals surface area contributed by atoms with Gasteiger partial charge in [0.15, 0.2) is 11.5 Å². The minimum atomic E-state index is -3.80. The summed E-state index contributed by atoms with van der Waals surface area (Å²) >= 11 is 0. The molecule has 6 nitrogen and oxygen atoms in total. The lowest BCUT2D eigenvalue weighted by atomic mass is 9.76. The average Bonchev–Trinajstić information content (AvgIpc) is 3.37. The van der Waals surface area contributed by atoms with Crippen molar-refractivity contribution >= 4 is 21.4 Å². The average molecular weight is 519 g/mol. The first-order chi connectivity index (χ1) is 17.6. The van der Waals surface area contributed by atoms with Crippen LogP contribution in [0.2, 0.25) is 0 Å². The Morgan fingerprint density at radius 3 is 2.32 bits per heavy atom. The van der Waals surface area contributed by atoms with Crippen molar-refractivity contribution in [1.82, 2.24) is 0 Å². The van der Waals surface area contributed by atoms with Crippen LogP contribution in [0, 0.1) is 5.92 Å². The normalized spacial score (nSPS) is 20.5. The van der Waals surface area contributed by atoms with Gasteiger partial charge in [-0.05, 0) is 64.8 Å². The van der Waals surface area contributed by atoms with Crippen molar-refractivity contribution in [3.05, 3.63) is 89.5 Å². The molecule has 0 fully saturated rings. The Morgan fingerprint density at radius 2 is 1.65 bits per heavy atom. The molecule has 3 aromatic rings. The maximum atomic E-state index is 13.3. The monoisotopic (exact) mass is 518 g/mol. The smallest absolute Gasteiger partial charge is 0.261 e. The number of anilines is 2. The zero-order valence-electron chi connectivity index (χ0n) is 21.9. The maximum Gasteiger partial charge on any atom is 0.261 e. The van der Waals surface area contributed by atoms with E-state index in [2.05, 4.69) is 67.2 Å². The van der Waals surface area contributed by atoms with Crippen LogP contribution in [0.15, 0.2) is 77.7 Å². The Morgan fingerprint density at radius 1 is 0.919 bits per heavy atom. The number of allylic oxidation sites excluding steroid dienone is 2. The van der Waals surface area contributed by atoms with Crippen molar-refractivity contribution in [2.75, 3.05) is 24.3 Å². The van der Waals surface area contributed by atoms with E-state index in [1.165, 1.54) is 18.2 Å². The van der Waals surface area contributed by atoms with Gasteiger partial charge in [0.1, 0.15) is 0 Å². The summed E-state index contributed by atoms with van der Waals surface area (Å²) in [6, 6.07) is 19.4. The topological polar surface area (TPSA) is 76.7 Å². The lowest BCUT2D eigenvalue weighted by Crippen LogP contribution is -2.29. The molecular weight excluding hydrogens is 484 g/mol. The Balaban J connectivity index is 1.43. The van der Waals surface area contributed by atoms with Crippen molar-refractivity contribution < 1.29 is 17.9 Å². The van der Waals surface area contributed by atoms with Gasteiger partial charge in [0.05, 0.1) is 30.8 Å². The fourth-order valence-electron chi connectivity index (χ4n) is 5.37. The Bertz CT molecular complexity index is 1440. The van der Waals surface area contributed by atoms with Gasteiger partial charge >= 0.3 is 0 Å². The minimum Gasteiger partial charge on any atom is -0.493 e. The molecule has 0 saturated heterocycles. The molecule has 0 amide bonds. The lowest BCUT2D eigenvalue weighted by molar-refractivity contribution is 0.355. The van der Waals surface area contributed by atoms with Gasteiger partial charge in [-0.15, -0.1) is 0 Å². The van der Waals surface area contributed by atoms with Crippen LogP contribution in [-0.2, 0) is 15.4 Å². The van der Waals surface area contributed by atoms with E-state index >= 15 is 0 Å². The van der Waals surface area contributed by atoms with Crippen LogP contribution >= 0.6 is 0 Å². The number of sulfonamides is 1. The highest BCUT2D eigenvalue weighted by molar-refractivity contribution is 7.92. The highest BCUT2D eigenvalue weighted by atomic mass is 32.2. The Labute approximate surface area is 219 Å². The fraction of sp³-hybridized carbons (Fsp3) is 0.333. The SMILES string of the molecule is COc1ccc(NS(=O)(=O)c2ccc3c(c2)[C@H]2C=CC[C@H]2[C@@H](c2ccc(C(C)(C)C)cc2)N3)cc1OC. The van der Waals surface area contributed by atoms with E-state index in [0.29, 0.717) is 23.1 Å². The van der Waals surface area contributed by atoms with Crippen molar-refractivity contribution in [3.63, 3.8) is 0 Å². The first-order valence-corrected chi connectivity index (χ1v) is 14.0. The number of rotatable bonds is 6. The van der Waals surface area contributed by atoms with Gasteiger partial charge in [0.2, 0.25) is 0 Å². The van der Waals surface area contributed by atoms with Gasteiger partial charge in [-0.2, -0.15) is 0 Å². The molecule has 5 rings (SSSR count). The van der Waals surface area contributed by atoms with E-state index in [9.17, 15) is 8.42 Å². The summed E-state index contributed by atoms with van der Waals surface area (Å²) in [5.41, 5.74) is 5.06. The molecule has 2 N–H and O–H groups in total. The van der Waals surface area contributed by atoms with Gasteiger partial charge in [-0.1, -0.05) is 57.2 Å². The van der Waals surface area contributed by atoms with E-state index in [0.717, 1.165) is 17.7 Å². The zero-order valence-corrected chi connectivity index (χ0v) is 22.7. The van der Waals surface area contributed by atoms with Crippen LogP contribution in [0.4, 0.5) is 11.4 Å². The summed E-state index contributed by atoms with van der Waals surface area (Å²) in [4.78, 5) is 0.231. The third-order valence-corrected chi connectivity index (χ3v) is 8.80. The molecule has 0 unspecified atom stereocenters. The molecule has 7 heteroatoms. The molecule has 3 atom stereocenters. The number of hydrogen-bond donors (Lipinski definition) is 2. The van der Waals surface area contributed by atoms with Gasteiger partial charge in [0, 0.05) is 17.7 Å². The van der Waals surface area contributed by atoms with E-state index in [4.69, 9.17) is 9.47 Å².